The molecule has 11 aromatic rings. The van der Waals surface area contributed by atoms with E-state index in [2.05, 4.69) is 118 Å². The van der Waals surface area contributed by atoms with Crippen LogP contribution in [0, 0.1) is 0 Å². The zero-order chi connectivity index (χ0) is 31.3. The molecule has 0 atom stereocenters. The molecule has 5 nitrogen and oxygen atoms in total. The summed E-state index contributed by atoms with van der Waals surface area (Å²) in [6, 6.07) is 49.0. The van der Waals surface area contributed by atoms with Crippen molar-refractivity contribution in [2.75, 3.05) is 0 Å². The van der Waals surface area contributed by atoms with Gasteiger partial charge in [0, 0.05) is 56.0 Å². The highest BCUT2D eigenvalue weighted by molar-refractivity contribution is 6.16. The fraction of sp³-hybridized carbons (Fsp3) is 0. The summed E-state index contributed by atoms with van der Waals surface area (Å²) in [7, 11) is 0. The zero-order valence-corrected chi connectivity index (χ0v) is 25.6. The third-order valence-corrected chi connectivity index (χ3v) is 9.74. The number of hydrogen-bond donors (Lipinski definition) is 0. The summed E-state index contributed by atoms with van der Waals surface area (Å²) in [6.07, 6.45) is 4.13. The summed E-state index contributed by atoms with van der Waals surface area (Å²) in [6.45, 7) is 0. The van der Waals surface area contributed by atoms with E-state index in [-0.39, 0.29) is 0 Å². The Kier molecular flexibility index (Phi) is 5.05. The van der Waals surface area contributed by atoms with Crippen molar-refractivity contribution in [1.29, 1.82) is 0 Å². The van der Waals surface area contributed by atoms with Crippen LogP contribution < -0.4 is 0 Å². The highest BCUT2D eigenvalue weighted by atomic mass is 16.3. The second-order valence-electron chi connectivity index (χ2n) is 12.5. The van der Waals surface area contributed by atoms with Crippen molar-refractivity contribution in [3.63, 3.8) is 0 Å². The normalized spacial score (nSPS) is 12.2. The predicted molar refractivity (Wildman–Crippen MR) is 195 cm³/mol. The third kappa shape index (κ3) is 3.64. The van der Waals surface area contributed by atoms with Gasteiger partial charge in [0.05, 0.1) is 16.7 Å². The van der Waals surface area contributed by atoms with Crippen molar-refractivity contribution in [3.05, 3.63) is 152 Å². The highest BCUT2D eigenvalue weighted by Gasteiger charge is 2.17. The number of aromatic nitrogens is 3. The SMILES string of the molecule is c1ccc(-n2c3cc(-c4ccc5oc6cc7c(cc6c5c4)oc4ccccc47)ccc3c3ccc(-c4cn5ccccc5n4)cc32)cc1. The van der Waals surface area contributed by atoms with Gasteiger partial charge >= 0.3 is 0 Å². The van der Waals surface area contributed by atoms with E-state index in [1.165, 1.54) is 10.8 Å². The number of rotatable bonds is 3. The van der Waals surface area contributed by atoms with Crippen molar-refractivity contribution in [2.45, 2.75) is 0 Å². The number of fused-ring (bicyclic) bond motifs is 10. The number of para-hydroxylation sites is 2. The van der Waals surface area contributed by atoms with Crippen LogP contribution in [0.1, 0.15) is 0 Å². The molecule has 0 unspecified atom stereocenters. The van der Waals surface area contributed by atoms with Crippen LogP contribution in [0.4, 0.5) is 0 Å². The average Bonchev–Trinajstić information content (AvgIpc) is 3.90. The van der Waals surface area contributed by atoms with Crippen LogP contribution in [0.3, 0.4) is 0 Å². The van der Waals surface area contributed by atoms with Gasteiger partial charge in [-0.3, -0.25) is 0 Å². The van der Waals surface area contributed by atoms with Crippen LogP contribution in [0.2, 0.25) is 0 Å². The van der Waals surface area contributed by atoms with E-state index in [9.17, 15) is 0 Å². The monoisotopic (exact) mass is 615 g/mol. The number of furan rings is 2. The molecule has 0 spiro atoms. The Morgan fingerprint density at radius 2 is 1.06 bits per heavy atom. The number of pyridine rings is 1. The molecule has 48 heavy (non-hydrogen) atoms. The molecule has 0 aliphatic heterocycles. The summed E-state index contributed by atoms with van der Waals surface area (Å²) in [5, 5.41) is 6.72. The van der Waals surface area contributed by atoms with E-state index < -0.39 is 0 Å². The Morgan fingerprint density at radius 3 is 1.88 bits per heavy atom. The maximum Gasteiger partial charge on any atom is 0.137 e. The van der Waals surface area contributed by atoms with Crippen LogP contribution in [0.25, 0.3) is 99.4 Å². The third-order valence-electron chi connectivity index (χ3n) is 9.74. The Bertz CT molecular complexity index is 3030. The maximum atomic E-state index is 6.37. The first-order chi connectivity index (χ1) is 23.7. The Hall–Kier alpha value is -6.59. The average molecular weight is 616 g/mol. The summed E-state index contributed by atoms with van der Waals surface area (Å²) < 4.78 is 17.0. The Morgan fingerprint density at radius 1 is 0.438 bits per heavy atom. The quantitative estimate of drug-likeness (QED) is 0.199. The van der Waals surface area contributed by atoms with Crippen LogP contribution >= 0.6 is 0 Å². The van der Waals surface area contributed by atoms with Gasteiger partial charge in [-0.1, -0.05) is 72.8 Å². The first-order valence-corrected chi connectivity index (χ1v) is 16.1. The van der Waals surface area contributed by atoms with Crippen molar-refractivity contribution in [2.24, 2.45) is 0 Å². The topological polar surface area (TPSA) is 48.5 Å². The first kappa shape index (κ1) is 25.6. The summed E-state index contributed by atoms with van der Waals surface area (Å²) in [4.78, 5) is 4.91. The van der Waals surface area contributed by atoms with Gasteiger partial charge in [0.2, 0.25) is 0 Å². The van der Waals surface area contributed by atoms with E-state index in [4.69, 9.17) is 13.8 Å². The molecule has 224 valence electrons. The molecule has 11 rings (SSSR count). The predicted octanol–water partition coefficient (Wildman–Crippen LogP) is 11.6. The molecule has 5 aromatic heterocycles. The summed E-state index contributed by atoms with van der Waals surface area (Å²) >= 11 is 0. The van der Waals surface area contributed by atoms with Crippen LogP contribution in [0.15, 0.2) is 161 Å². The van der Waals surface area contributed by atoms with Gasteiger partial charge in [-0.25, -0.2) is 4.98 Å². The molecule has 0 bridgehead atoms. The van der Waals surface area contributed by atoms with Crippen LogP contribution in [0.5, 0.6) is 0 Å². The number of nitrogens with zero attached hydrogens (tertiary/aromatic N) is 3. The Labute approximate surface area is 273 Å². The van der Waals surface area contributed by atoms with Gasteiger partial charge in [-0.15, -0.1) is 0 Å². The number of hydrogen-bond acceptors (Lipinski definition) is 3. The minimum atomic E-state index is 0.863. The molecule has 5 heterocycles. The van der Waals surface area contributed by atoms with Crippen molar-refractivity contribution in [3.8, 4) is 28.1 Å². The van der Waals surface area contributed by atoms with E-state index >= 15 is 0 Å². The largest absolute Gasteiger partial charge is 0.456 e. The van der Waals surface area contributed by atoms with Gasteiger partial charge < -0.3 is 17.8 Å². The summed E-state index contributed by atoms with van der Waals surface area (Å²) in [5.74, 6) is 0. The van der Waals surface area contributed by atoms with Gasteiger partial charge in [0.25, 0.3) is 0 Å². The van der Waals surface area contributed by atoms with Crippen molar-refractivity contribution >= 4 is 71.3 Å². The van der Waals surface area contributed by atoms with E-state index in [1.807, 2.05) is 42.6 Å². The van der Waals surface area contributed by atoms with Gasteiger partial charge in [0.15, 0.2) is 0 Å². The zero-order valence-electron chi connectivity index (χ0n) is 25.6. The molecule has 5 heteroatoms. The number of imidazole rings is 1. The second-order valence-corrected chi connectivity index (χ2v) is 12.5. The van der Waals surface area contributed by atoms with Gasteiger partial charge in [-0.05, 0) is 77.9 Å². The molecule has 6 aromatic carbocycles. The van der Waals surface area contributed by atoms with Gasteiger partial charge in [-0.2, -0.15) is 0 Å². The minimum absolute atomic E-state index is 0.863. The van der Waals surface area contributed by atoms with Crippen LogP contribution in [-0.2, 0) is 0 Å². The maximum absolute atomic E-state index is 6.37. The molecular weight excluding hydrogens is 590 g/mol. The van der Waals surface area contributed by atoms with Crippen molar-refractivity contribution < 1.29 is 8.83 Å². The van der Waals surface area contributed by atoms with E-state index in [0.29, 0.717) is 0 Å². The second kappa shape index (κ2) is 9.47. The standard InChI is InChI=1S/C43H25N3O2/c1-2-8-29(9-3-1)46-37-21-27(13-16-30(37)31-17-14-28(22-38(31)46)36-25-45-19-7-6-12-43(45)44-36)26-15-18-40-33(20-26)35-24-41-34(23-42(35)48-40)32-10-4-5-11-39(32)47-41/h1-25H. The molecule has 0 amide bonds. The first-order valence-electron chi connectivity index (χ1n) is 16.1. The summed E-state index contributed by atoms with van der Waals surface area (Å²) in [5.41, 5.74) is 12.2. The van der Waals surface area contributed by atoms with E-state index in [1.54, 1.807) is 0 Å². The minimum Gasteiger partial charge on any atom is -0.456 e. The fourth-order valence-corrected chi connectivity index (χ4v) is 7.46. The Balaban J connectivity index is 1.11. The molecule has 0 saturated carbocycles. The lowest BCUT2D eigenvalue weighted by Gasteiger charge is -2.09. The van der Waals surface area contributed by atoms with Gasteiger partial charge in [0.1, 0.15) is 28.0 Å². The molecule has 0 fully saturated rings. The molecule has 0 radical (unpaired) electrons. The smallest absolute Gasteiger partial charge is 0.137 e. The molecular formula is C43H25N3O2. The number of benzene rings is 6. The van der Waals surface area contributed by atoms with E-state index in [0.717, 1.165) is 88.6 Å². The van der Waals surface area contributed by atoms with Crippen LogP contribution in [-0.4, -0.2) is 14.0 Å². The molecule has 0 saturated heterocycles. The molecule has 0 aliphatic carbocycles. The lowest BCUT2D eigenvalue weighted by atomic mass is 10.0. The fourth-order valence-electron chi connectivity index (χ4n) is 7.46. The highest BCUT2D eigenvalue weighted by Crippen LogP contribution is 2.40. The van der Waals surface area contributed by atoms with Crippen molar-refractivity contribution in [1.82, 2.24) is 14.0 Å². The lowest BCUT2D eigenvalue weighted by molar-refractivity contribution is 0.664. The molecule has 0 N–H and O–H groups in total. The lowest BCUT2D eigenvalue weighted by Crippen LogP contribution is -1.93. The molecule has 0 aliphatic rings.